The largest absolute Gasteiger partial charge is 0.464 e. The van der Waals surface area contributed by atoms with Gasteiger partial charge in [-0.15, -0.1) is 0 Å². The number of fused-ring (bicyclic) bond motifs is 1. The first-order valence-corrected chi connectivity index (χ1v) is 8.00. The SMILES string of the molecule is O=C(CS(=O)C1CCCC1)c1coc2ccccc12. The molecule has 0 N–H and O–H groups in total. The number of carbonyl (C=O) groups excluding carboxylic acids is 1. The maximum absolute atomic E-state index is 12.2. The topological polar surface area (TPSA) is 47.3 Å². The molecule has 1 aromatic carbocycles. The molecule has 0 radical (unpaired) electrons. The summed E-state index contributed by atoms with van der Waals surface area (Å²) in [5.41, 5.74) is 1.26. The number of Topliss-reactive ketones (excluding diaryl/α,β-unsaturated/α-hetero) is 1. The van der Waals surface area contributed by atoms with E-state index in [4.69, 9.17) is 4.42 Å². The molecule has 2 aromatic rings. The van der Waals surface area contributed by atoms with Crippen LogP contribution in [0.3, 0.4) is 0 Å². The first-order valence-electron chi connectivity index (χ1n) is 6.62. The van der Waals surface area contributed by atoms with Crippen molar-refractivity contribution in [2.45, 2.75) is 30.9 Å². The van der Waals surface area contributed by atoms with Gasteiger partial charge in [-0.05, 0) is 18.9 Å². The van der Waals surface area contributed by atoms with Gasteiger partial charge in [-0.2, -0.15) is 0 Å². The highest BCUT2D eigenvalue weighted by Gasteiger charge is 2.24. The van der Waals surface area contributed by atoms with Crippen molar-refractivity contribution in [3.05, 3.63) is 36.1 Å². The molecule has 1 saturated carbocycles. The molecule has 0 saturated heterocycles. The van der Waals surface area contributed by atoms with Crippen molar-refractivity contribution in [2.75, 3.05) is 5.75 Å². The van der Waals surface area contributed by atoms with Crippen LogP contribution >= 0.6 is 0 Å². The second kappa shape index (κ2) is 5.29. The minimum Gasteiger partial charge on any atom is -0.464 e. The summed E-state index contributed by atoms with van der Waals surface area (Å²) in [5, 5.41) is 1.03. The summed E-state index contributed by atoms with van der Waals surface area (Å²) in [5.74, 6) is 0.0453. The molecular weight excluding hydrogens is 260 g/mol. The fourth-order valence-electron chi connectivity index (χ4n) is 2.67. The molecule has 3 nitrogen and oxygen atoms in total. The molecule has 0 amide bonds. The number of para-hydroxylation sites is 1. The average Bonchev–Trinajstić information content (AvgIpc) is 3.08. The van der Waals surface area contributed by atoms with Gasteiger partial charge in [-0.25, -0.2) is 0 Å². The van der Waals surface area contributed by atoms with E-state index < -0.39 is 10.8 Å². The van der Waals surface area contributed by atoms with Crippen molar-refractivity contribution < 1.29 is 13.4 Å². The van der Waals surface area contributed by atoms with Crippen molar-refractivity contribution >= 4 is 27.6 Å². The highest BCUT2D eigenvalue weighted by molar-refractivity contribution is 7.86. The second-order valence-electron chi connectivity index (χ2n) is 5.00. The molecule has 0 aliphatic heterocycles. The summed E-state index contributed by atoms with van der Waals surface area (Å²) in [4.78, 5) is 12.2. The summed E-state index contributed by atoms with van der Waals surface area (Å²) in [6.07, 6.45) is 5.75. The van der Waals surface area contributed by atoms with Gasteiger partial charge in [0.15, 0.2) is 5.78 Å². The molecular formula is C15H16O3S. The smallest absolute Gasteiger partial charge is 0.179 e. The van der Waals surface area contributed by atoms with Crippen LogP contribution in [0.15, 0.2) is 34.9 Å². The standard InChI is InChI=1S/C15H16O3S/c16-14(10-19(17)11-5-1-2-6-11)13-9-18-15-8-4-3-7-12(13)15/h3-4,7-9,11H,1-2,5-6,10H2. The van der Waals surface area contributed by atoms with E-state index in [-0.39, 0.29) is 16.8 Å². The Morgan fingerprint density at radius 1 is 1.26 bits per heavy atom. The summed E-state index contributed by atoms with van der Waals surface area (Å²) >= 11 is 0. The lowest BCUT2D eigenvalue weighted by Crippen LogP contribution is -2.19. The van der Waals surface area contributed by atoms with E-state index in [1.807, 2.05) is 24.3 Å². The highest BCUT2D eigenvalue weighted by atomic mass is 32.2. The van der Waals surface area contributed by atoms with Gasteiger partial charge in [0.05, 0.1) is 11.3 Å². The van der Waals surface area contributed by atoms with Gasteiger partial charge in [-0.3, -0.25) is 9.00 Å². The third kappa shape index (κ3) is 2.50. The van der Waals surface area contributed by atoms with Crippen LogP contribution in [-0.2, 0) is 10.8 Å². The Bertz CT molecular complexity index is 623. The molecule has 1 atom stereocenters. The van der Waals surface area contributed by atoms with Crippen molar-refractivity contribution in [2.24, 2.45) is 0 Å². The maximum atomic E-state index is 12.2. The lowest BCUT2D eigenvalue weighted by atomic mass is 10.1. The van der Waals surface area contributed by atoms with Crippen molar-refractivity contribution in [1.82, 2.24) is 0 Å². The van der Waals surface area contributed by atoms with Crippen LogP contribution in [0.25, 0.3) is 11.0 Å². The van der Waals surface area contributed by atoms with Gasteiger partial charge in [0.1, 0.15) is 11.8 Å². The Labute approximate surface area is 114 Å². The fourth-order valence-corrected chi connectivity index (χ4v) is 4.18. The fraction of sp³-hybridized carbons (Fsp3) is 0.400. The summed E-state index contributed by atoms with van der Waals surface area (Å²) < 4.78 is 17.5. The Hall–Kier alpha value is -1.42. The average molecular weight is 276 g/mol. The van der Waals surface area contributed by atoms with Gasteiger partial charge in [-0.1, -0.05) is 31.0 Å². The number of hydrogen-bond acceptors (Lipinski definition) is 3. The molecule has 1 aromatic heterocycles. The van der Waals surface area contributed by atoms with Crippen LogP contribution in [0.4, 0.5) is 0 Å². The Morgan fingerprint density at radius 3 is 2.79 bits per heavy atom. The van der Waals surface area contributed by atoms with Gasteiger partial charge in [0.25, 0.3) is 0 Å². The predicted octanol–water partition coefficient (Wildman–Crippen LogP) is 3.31. The molecule has 1 aliphatic rings. The zero-order valence-corrected chi connectivity index (χ0v) is 11.4. The third-order valence-corrected chi connectivity index (χ3v) is 5.49. The van der Waals surface area contributed by atoms with Crippen molar-refractivity contribution in [1.29, 1.82) is 0 Å². The lowest BCUT2D eigenvalue weighted by Gasteiger charge is -2.07. The first kappa shape index (κ1) is 12.6. The number of rotatable bonds is 4. The number of benzene rings is 1. The van der Waals surface area contributed by atoms with Gasteiger partial charge in [0.2, 0.25) is 0 Å². The summed E-state index contributed by atoms with van der Waals surface area (Å²) in [7, 11) is -1.04. The molecule has 100 valence electrons. The quantitative estimate of drug-likeness (QED) is 0.805. The van der Waals surface area contributed by atoms with E-state index in [0.717, 1.165) is 31.1 Å². The molecule has 1 fully saturated rings. The number of furan rings is 1. The number of carbonyl (C=O) groups is 1. The molecule has 0 bridgehead atoms. The summed E-state index contributed by atoms with van der Waals surface area (Å²) in [6.45, 7) is 0. The van der Waals surface area contributed by atoms with Crippen molar-refractivity contribution in [3.63, 3.8) is 0 Å². The van der Waals surface area contributed by atoms with E-state index in [0.29, 0.717) is 11.1 Å². The van der Waals surface area contributed by atoms with Crippen LogP contribution in [0.1, 0.15) is 36.0 Å². The van der Waals surface area contributed by atoms with Crippen molar-refractivity contribution in [3.8, 4) is 0 Å². The normalized spacial score (nSPS) is 17.9. The van der Waals surface area contributed by atoms with Gasteiger partial charge < -0.3 is 4.42 Å². The van der Waals surface area contributed by atoms with Crippen LogP contribution in [0, 0.1) is 0 Å². The number of hydrogen-bond donors (Lipinski definition) is 0. The molecule has 1 unspecified atom stereocenters. The van der Waals surface area contributed by atoms with Crippen LogP contribution in [0.5, 0.6) is 0 Å². The first-order chi connectivity index (χ1) is 9.25. The molecule has 1 heterocycles. The Kier molecular flexibility index (Phi) is 3.51. The zero-order valence-electron chi connectivity index (χ0n) is 10.6. The molecule has 0 spiro atoms. The van der Waals surface area contributed by atoms with E-state index in [9.17, 15) is 9.00 Å². The van der Waals surface area contributed by atoms with E-state index in [1.54, 1.807) is 0 Å². The molecule has 3 rings (SSSR count). The van der Waals surface area contributed by atoms with Gasteiger partial charge >= 0.3 is 0 Å². The zero-order chi connectivity index (χ0) is 13.2. The van der Waals surface area contributed by atoms with E-state index in [2.05, 4.69) is 0 Å². The minimum absolute atomic E-state index is 0.0739. The Balaban J connectivity index is 1.78. The second-order valence-corrected chi connectivity index (χ2v) is 6.72. The monoisotopic (exact) mass is 276 g/mol. The van der Waals surface area contributed by atoms with E-state index in [1.165, 1.54) is 6.26 Å². The highest BCUT2D eigenvalue weighted by Crippen LogP contribution is 2.25. The minimum atomic E-state index is -1.04. The van der Waals surface area contributed by atoms with Crippen LogP contribution in [-0.4, -0.2) is 21.0 Å². The summed E-state index contributed by atoms with van der Waals surface area (Å²) in [6, 6.07) is 7.45. The van der Waals surface area contributed by atoms with Gasteiger partial charge in [0, 0.05) is 21.4 Å². The number of ketones is 1. The third-order valence-electron chi connectivity index (χ3n) is 3.73. The molecule has 19 heavy (non-hydrogen) atoms. The lowest BCUT2D eigenvalue weighted by molar-refractivity contribution is 0.102. The molecule has 4 heteroatoms. The molecule has 1 aliphatic carbocycles. The van der Waals surface area contributed by atoms with Crippen LogP contribution < -0.4 is 0 Å². The maximum Gasteiger partial charge on any atom is 0.179 e. The van der Waals surface area contributed by atoms with Crippen LogP contribution in [0.2, 0.25) is 0 Å². The predicted molar refractivity (Wildman–Crippen MR) is 75.8 cm³/mol. The Morgan fingerprint density at radius 2 is 2.00 bits per heavy atom. The van der Waals surface area contributed by atoms with E-state index >= 15 is 0 Å².